The minimum Gasteiger partial charge on any atom is -0.310 e. The van der Waals surface area contributed by atoms with Crippen molar-refractivity contribution >= 4 is 11.4 Å². The predicted molar refractivity (Wildman–Crippen MR) is 137 cm³/mol. The Morgan fingerprint density at radius 3 is 2.25 bits per heavy atom. The second-order valence-electron chi connectivity index (χ2n) is 9.78. The Hall–Kier alpha value is -3.32. The SMILES string of the molecule is C=C/C=C(\C=C)N(c1ccccc1)c1ccccc1-c1ccc2c(c1)C1(C)CCC2(C)C1. The Balaban J connectivity index is 1.69. The van der Waals surface area contributed by atoms with Gasteiger partial charge in [-0.05, 0) is 77.1 Å². The molecule has 0 aliphatic heterocycles. The third kappa shape index (κ3) is 3.15. The highest BCUT2D eigenvalue weighted by Crippen LogP contribution is 2.61. The van der Waals surface area contributed by atoms with Crippen LogP contribution in [0, 0.1) is 0 Å². The van der Waals surface area contributed by atoms with Crippen molar-refractivity contribution in [3.63, 3.8) is 0 Å². The first-order valence-electron chi connectivity index (χ1n) is 11.5. The molecule has 0 N–H and O–H groups in total. The van der Waals surface area contributed by atoms with Gasteiger partial charge in [-0.15, -0.1) is 0 Å². The van der Waals surface area contributed by atoms with E-state index in [4.69, 9.17) is 0 Å². The van der Waals surface area contributed by atoms with Crippen molar-refractivity contribution < 1.29 is 0 Å². The van der Waals surface area contributed by atoms with Gasteiger partial charge < -0.3 is 4.90 Å². The summed E-state index contributed by atoms with van der Waals surface area (Å²) < 4.78 is 0. The first-order valence-corrected chi connectivity index (χ1v) is 11.5. The molecule has 2 aliphatic rings. The summed E-state index contributed by atoms with van der Waals surface area (Å²) in [4.78, 5) is 2.27. The number of benzene rings is 3. The van der Waals surface area contributed by atoms with Crippen molar-refractivity contribution in [2.75, 3.05) is 4.90 Å². The summed E-state index contributed by atoms with van der Waals surface area (Å²) in [6, 6.07) is 26.3. The molecule has 2 bridgehead atoms. The van der Waals surface area contributed by atoms with Crippen molar-refractivity contribution in [3.05, 3.63) is 121 Å². The zero-order valence-corrected chi connectivity index (χ0v) is 19.1. The molecule has 160 valence electrons. The molecule has 0 radical (unpaired) electrons. The molecule has 1 heteroatoms. The fourth-order valence-corrected chi connectivity index (χ4v) is 6.06. The van der Waals surface area contributed by atoms with Crippen molar-refractivity contribution in [1.82, 2.24) is 0 Å². The van der Waals surface area contributed by atoms with Gasteiger partial charge in [-0.25, -0.2) is 0 Å². The molecule has 0 spiro atoms. The maximum Gasteiger partial charge on any atom is 0.0540 e. The van der Waals surface area contributed by atoms with E-state index < -0.39 is 0 Å². The summed E-state index contributed by atoms with van der Waals surface area (Å²) in [5, 5.41) is 0. The number of allylic oxidation sites excluding steroid dienone is 3. The predicted octanol–water partition coefficient (Wildman–Crippen LogP) is 8.46. The number of fused-ring (bicyclic) bond motifs is 5. The van der Waals surface area contributed by atoms with Gasteiger partial charge in [0, 0.05) is 16.9 Å². The van der Waals surface area contributed by atoms with Crippen LogP contribution in [0.5, 0.6) is 0 Å². The number of hydrogen-bond donors (Lipinski definition) is 0. The van der Waals surface area contributed by atoms with Gasteiger partial charge in [-0.3, -0.25) is 0 Å². The normalized spacial score (nSPS) is 23.6. The van der Waals surface area contributed by atoms with E-state index in [2.05, 4.69) is 105 Å². The Morgan fingerprint density at radius 2 is 1.53 bits per heavy atom. The summed E-state index contributed by atoms with van der Waals surface area (Å²) in [5.41, 5.74) is 9.52. The zero-order valence-electron chi connectivity index (χ0n) is 19.1. The van der Waals surface area contributed by atoms with Crippen molar-refractivity contribution in [2.24, 2.45) is 0 Å². The van der Waals surface area contributed by atoms with Crippen LogP contribution in [0.25, 0.3) is 11.1 Å². The summed E-state index contributed by atoms with van der Waals surface area (Å²) in [5.74, 6) is 0. The van der Waals surface area contributed by atoms with Gasteiger partial charge in [0.15, 0.2) is 0 Å². The first-order chi connectivity index (χ1) is 15.5. The van der Waals surface area contributed by atoms with Gasteiger partial charge in [-0.2, -0.15) is 0 Å². The molecule has 2 aliphatic carbocycles. The molecule has 1 nitrogen and oxygen atoms in total. The van der Waals surface area contributed by atoms with Crippen LogP contribution >= 0.6 is 0 Å². The van der Waals surface area contributed by atoms with Gasteiger partial charge in [-0.1, -0.05) is 87.7 Å². The van der Waals surface area contributed by atoms with E-state index in [1.54, 1.807) is 11.1 Å². The molecule has 5 rings (SSSR count). The van der Waals surface area contributed by atoms with E-state index in [0.29, 0.717) is 10.8 Å². The topological polar surface area (TPSA) is 3.24 Å². The van der Waals surface area contributed by atoms with E-state index in [1.807, 2.05) is 18.2 Å². The number of rotatable bonds is 6. The zero-order chi connectivity index (χ0) is 22.3. The number of para-hydroxylation sites is 2. The molecule has 0 saturated heterocycles. The Labute approximate surface area is 192 Å². The number of nitrogens with zero attached hydrogens (tertiary/aromatic N) is 1. The number of hydrogen-bond acceptors (Lipinski definition) is 1. The minimum atomic E-state index is 0.309. The van der Waals surface area contributed by atoms with Crippen LogP contribution < -0.4 is 4.90 Å². The average molecular weight is 418 g/mol. The molecule has 1 saturated carbocycles. The Bertz CT molecular complexity index is 1220. The molecule has 2 unspecified atom stereocenters. The summed E-state index contributed by atoms with van der Waals surface area (Å²) in [6.45, 7) is 12.9. The molecule has 3 aromatic carbocycles. The summed E-state index contributed by atoms with van der Waals surface area (Å²) >= 11 is 0. The lowest BCUT2D eigenvalue weighted by atomic mass is 9.77. The van der Waals surface area contributed by atoms with Gasteiger partial charge in [0.2, 0.25) is 0 Å². The van der Waals surface area contributed by atoms with Crippen LogP contribution in [0.3, 0.4) is 0 Å². The molecule has 0 aromatic heterocycles. The maximum atomic E-state index is 4.09. The van der Waals surface area contributed by atoms with Gasteiger partial charge in [0.25, 0.3) is 0 Å². The van der Waals surface area contributed by atoms with Crippen LogP contribution in [0.2, 0.25) is 0 Å². The standard InChI is InChI=1S/C31H31N/c1-5-12-24(6-2)32(25-13-8-7-9-14-25)29-16-11-10-15-26(29)23-17-18-27-28(21-23)31(4)20-19-30(27,3)22-31/h5-18,21H,1-2,19-20,22H2,3-4H3/b24-12+. The Morgan fingerprint density at radius 1 is 0.844 bits per heavy atom. The molecule has 0 heterocycles. The van der Waals surface area contributed by atoms with E-state index in [0.717, 1.165) is 17.1 Å². The molecule has 1 fully saturated rings. The lowest BCUT2D eigenvalue weighted by molar-refractivity contribution is 0.484. The van der Waals surface area contributed by atoms with Crippen LogP contribution in [-0.4, -0.2) is 0 Å². The van der Waals surface area contributed by atoms with Crippen molar-refractivity contribution in [1.29, 1.82) is 0 Å². The van der Waals surface area contributed by atoms with Crippen molar-refractivity contribution in [2.45, 2.75) is 43.9 Å². The largest absolute Gasteiger partial charge is 0.310 e. The highest BCUT2D eigenvalue weighted by molar-refractivity contribution is 5.85. The molecule has 32 heavy (non-hydrogen) atoms. The minimum absolute atomic E-state index is 0.309. The summed E-state index contributed by atoms with van der Waals surface area (Å²) in [7, 11) is 0. The maximum absolute atomic E-state index is 4.09. The Kier molecular flexibility index (Phi) is 4.93. The quantitative estimate of drug-likeness (QED) is 0.364. The third-order valence-corrected chi connectivity index (χ3v) is 7.56. The van der Waals surface area contributed by atoms with Crippen LogP contribution in [0.4, 0.5) is 11.4 Å². The highest BCUT2D eigenvalue weighted by Gasteiger charge is 2.52. The molecule has 3 aromatic rings. The first kappa shape index (κ1) is 20.6. The smallest absolute Gasteiger partial charge is 0.0540 e. The van der Waals surface area contributed by atoms with E-state index in [1.165, 1.54) is 30.4 Å². The lowest BCUT2D eigenvalue weighted by Gasteiger charge is -2.30. The molecular formula is C31H31N. The lowest BCUT2D eigenvalue weighted by Crippen LogP contribution is -2.18. The fourth-order valence-electron chi connectivity index (χ4n) is 6.06. The summed E-state index contributed by atoms with van der Waals surface area (Å²) in [6.07, 6.45) is 9.61. The van der Waals surface area contributed by atoms with E-state index in [9.17, 15) is 0 Å². The van der Waals surface area contributed by atoms with Crippen LogP contribution in [0.1, 0.15) is 44.2 Å². The molecule has 2 atom stereocenters. The molecular weight excluding hydrogens is 386 g/mol. The van der Waals surface area contributed by atoms with Crippen molar-refractivity contribution in [3.8, 4) is 11.1 Å². The van der Waals surface area contributed by atoms with Crippen LogP contribution in [0.15, 0.2) is 110 Å². The second kappa shape index (κ2) is 7.67. The fraction of sp³-hybridized carbons (Fsp3) is 0.226. The number of anilines is 2. The third-order valence-electron chi connectivity index (χ3n) is 7.56. The van der Waals surface area contributed by atoms with Crippen LogP contribution in [-0.2, 0) is 10.8 Å². The van der Waals surface area contributed by atoms with Gasteiger partial charge in [0.05, 0.1) is 5.69 Å². The van der Waals surface area contributed by atoms with E-state index in [-0.39, 0.29) is 0 Å². The monoisotopic (exact) mass is 417 g/mol. The highest BCUT2D eigenvalue weighted by atomic mass is 15.1. The van der Waals surface area contributed by atoms with Gasteiger partial charge in [0.1, 0.15) is 0 Å². The average Bonchev–Trinajstić information content (AvgIpc) is 3.26. The van der Waals surface area contributed by atoms with Gasteiger partial charge >= 0.3 is 0 Å². The van der Waals surface area contributed by atoms with E-state index >= 15 is 0 Å². The molecule has 0 amide bonds. The second-order valence-corrected chi connectivity index (χ2v) is 9.78.